The van der Waals surface area contributed by atoms with Crippen molar-refractivity contribution in [3.63, 3.8) is 0 Å². The van der Waals surface area contributed by atoms with Crippen LogP contribution in [0.1, 0.15) is 18.6 Å². The van der Waals surface area contributed by atoms with Gasteiger partial charge >= 0.3 is 5.97 Å². The van der Waals surface area contributed by atoms with E-state index in [0.717, 1.165) is 4.47 Å². The summed E-state index contributed by atoms with van der Waals surface area (Å²) >= 11 is 5.79. The van der Waals surface area contributed by atoms with Crippen molar-refractivity contribution in [2.45, 2.75) is 17.6 Å². The first-order valence-electron chi connectivity index (χ1n) is 4.88. The fourth-order valence-electron chi connectivity index (χ4n) is 1.19. The van der Waals surface area contributed by atoms with Gasteiger partial charge in [0, 0.05) is 4.47 Å². The second-order valence-electron chi connectivity index (χ2n) is 3.30. The van der Waals surface area contributed by atoms with Gasteiger partial charge in [-0.1, -0.05) is 28.1 Å². The zero-order valence-corrected chi connectivity index (χ0v) is 12.2. The number of ether oxygens (including phenoxy) is 1. The van der Waals surface area contributed by atoms with Gasteiger partial charge in [-0.05, 0) is 40.5 Å². The number of hydrogen-bond donors (Lipinski definition) is 1. The number of aliphatic hydroxyl groups excluding tert-OH is 1. The van der Waals surface area contributed by atoms with Crippen LogP contribution in [-0.4, -0.2) is 22.3 Å². The lowest BCUT2D eigenvalue weighted by Crippen LogP contribution is -2.35. The molecule has 0 fully saturated rings. The van der Waals surface area contributed by atoms with Crippen LogP contribution in [0.3, 0.4) is 0 Å². The first-order chi connectivity index (χ1) is 7.89. The minimum atomic E-state index is -2.64. The fraction of sp³-hybridized carbons (Fsp3) is 0.364. The molecule has 1 aromatic rings. The summed E-state index contributed by atoms with van der Waals surface area (Å²) in [5.41, 5.74) is 0.278. The van der Waals surface area contributed by atoms with Gasteiger partial charge in [0.25, 0.3) is 4.58 Å². The van der Waals surface area contributed by atoms with Crippen LogP contribution in [0.4, 0.5) is 4.39 Å². The Morgan fingerprint density at radius 2 is 2.06 bits per heavy atom. The molecule has 1 N–H and O–H groups in total. The Hall–Kier alpha value is -0.460. The number of hydrogen-bond acceptors (Lipinski definition) is 3. The highest BCUT2D eigenvalue weighted by Crippen LogP contribution is 2.36. The Bertz CT molecular complexity index is 392. The summed E-state index contributed by atoms with van der Waals surface area (Å²) in [4.78, 5) is 11.3. The second kappa shape index (κ2) is 5.93. The number of benzene rings is 1. The van der Waals surface area contributed by atoms with E-state index in [1.807, 2.05) is 0 Å². The van der Waals surface area contributed by atoms with E-state index in [4.69, 9.17) is 0 Å². The van der Waals surface area contributed by atoms with Gasteiger partial charge in [0.05, 0.1) is 6.61 Å². The minimum Gasteiger partial charge on any atom is -0.463 e. The van der Waals surface area contributed by atoms with Crippen LogP contribution in [-0.2, 0) is 9.53 Å². The van der Waals surface area contributed by atoms with Gasteiger partial charge in [-0.2, -0.15) is 0 Å². The number of alkyl halides is 2. The van der Waals surface area contributed by atoms with E-state index in [1.165, 1.54) is 12.1 Å². The monoisotopic (exact) mass is 368 g/mol. The van der Waals surface area contributed by atoms with Crippen molar-refractivity contribution >= 4 is 37.8 Å². The van der Waals surface area contributed by atoms with Crippen LogP contribution in [0.25, 0.3) is 0 Å². The average Bonchev–Trinajstić information content (AvgIpc) is 2.29. The van der Waals surface area contributed by atoms with Crippen molar-refractivity contribution in [1.29, 1.82) is 0 Å². The van der Waals surface area contributed by atoms with E-state index in [2.05, 4.69) is 36.6 Å². The average molecular weight is 370 g/mol. The van der Waals surface area contributed by atoms with Crippen molar-refractivity contribution < 1.29 is 19.0 Å². The molecule has 0 amide bonds. The molecular weight excluding hydrogens is 359 g/mol. The molecule has 0 saturated carbocycles. The molecule has 0 aliphatic rings. The van der Waals surface area contributed by atoms with Crippen molar-refractivity contribution in [3.8, 4) is 0 Å². The predicted octanol–water partition coefficient (Wildman–Crippen LogP) is 3.11. The van der Waals surface area contributed by atoms with Crippen LogP contribution < -0.4 is 0 Å². The van der Waals surface area contributed by atoms with Crippen LogP contribution in [0, 0.1) is 0 Å². The summed E-state index contributed by atoms with van der Waals surface area (Å²) in [6, 6.07) is 6.33. The number of aliphatic hydroxyl groups is 1. The molecule has 3 nitrogen and oxygen atoms in total. The lowest BCUT2D eigenvalue weighted by molar-refractivity contribution is -0.156. The van der Waals surface area contributed by atoms with Gasteiger partial charge in [-0.25, -0.2) is 9.18 Å². The zero-order valence-electron chi connectivity index (χ0n) is 8.99. The maximum absolute atomic E-state index is 14.0. The molecule has 0 aromatic heterocycles. The van der Waals surface area contributed by atoms with Crippen LogP contribution in [0.2, 0.25) is 0 Å². The molecule has 1 rings (SSSR count). The third-order valence-electron chi connectivity index (χ3n) is 2.08. The van der Waals surface area contributed by atoms with E-state index >= 15 is 0 Å². The Kier molecular flexibility index (Phi) is 5.09. The quantitative estimate of drug-likeness (QED) is 0.655. The summed E-state index contributed by atoms with van der Waals surface area (Å²) in [7, 11) is 0. The van der Waals surface area contributed by atoms with E-state index < -0.39 is 16.7 Å². The van der Waals surface area contributed by atoms with Crippen molar-refractivity contribution in [2.75, 3.05) is 6.61 Å². The van der Waals surface area contributed by atoms with Gasteiger partial charge in [-0.15, -0.1) is 0 Å². The molecule has 0 unspecified atom stereocenters. The van der Waals surface area contributed by atoms with Crippen molar-refractivity contribution in [2.24, 2.45) is 0 Å². The zero-order chi connectivity index (χ0) is 13.1. The van der Waals surface area contributed by atoms with Crippen LogP contribution in [0.15, 0.2) is 28.7 Å². The molecule has 6 heteroatoms. The normalized spacial score (nSPS) is 16.1. The molecule has 17 heavy (non-hydrogen) atoms. The molecule has 0 radical (unpaired) electrons. The molecule has 0 aliphatic heterocycles. The summed E-state index contributed by atoms with van der Waals surface area (Å²) in [6.07, 6.45) is -1.63. The van der Waals surface area contributed by atoms with Gasteiger partial charge < -0.3 is 9.84 Å². The Balaban J connectivity index is 2.91. The Morgan fingerprint density at radius 3 is 2.53 bits per heavy atom. The topological polar surface area (TPSA) is 46.5 Å². The SMILES string of the molecule is CCOC(=O)[C@@](F)(Br)[C@H](O)c1ccc(Br)cc1. The molecule has 0 aliphatic carbocycles. The van der Waals surface area contributed by atoms with Crippen molar-refractivity contribution in [3.05, 3.63) is 34.3 Å². The van der Waals surface area contributed by atoms with Crippen LogP contribution in [0.5, 0.6) is 0 Å². The third-order valence-corrected chi connectivity index (χ3v) is 3.36. The molecule has 94 valence electrons. The molecule has 1 aromatic carbocycles. The van der Waals surface area contributed by atoms with E-state index in [0.29, 0.717) is 0 Å². The van der Waals surface area contributed by atoms with E-state index in [1.54, 1.807) is 19.1 Å². The fourth-order valence-corrected chi connectivity index (χ4v) is 1.84. The first-order valence-corrected chi connectivity index (χ1v) is 6.46. The Morgan fingerprint density at radius 1 is 1.53 bits per heavy atom. The maximum atomic E-state index is 14.0. The third kappa shape index (κ3) is 3.50. The smallest absolute Gasteiger partial charge is 0.358 e. The lowest BCUT2D eigenvalue weighted by atomic mass is 10.1. The summed E-state index contributed by atoms with van der Waals surface area (Å²) in [5, 5.41) is 9.80. The predicted molar refractivity (Wildman–Crippen MR) is 68.5 cm³/mol. The van der Waals surface area contributed by atoms with E-state index in [-0.39, 0.29) is 12.2 Å². The summed E-state index contributed by atoms with van der Waals surface area (Å²) in [6.45, 7) is 1.61. The summed E-state index contributed by atoms with van der Waals surface area (Å²) in [5.74, 6) is -1.14. The highest BCUT2D eigenvalue weighted by molar-refractivity contribution is 9.10. The van der Waals surface area contributed by atoms with Gasteiger partial charge in [0.1, 0.15) is 6.10 Å². The van der Waals surface area contributed by atoms with Gasteiger partial charge in [-0.3, -0.25) is 0 Å². The largest absolute Gasteiger partial charge is 0.463 e. The minimum absolute atomic E-state index is 0.0448. The highest BCUT2D eigenvalue weighted by atomic mass is 79.9. The van der Waals surface area contributed by atoms with Gasteiger partial charge in [0.15, 0.2) is 0 Å². The Labute approximate surface area is 115 Å². The number of esters is 1. The molecule has 0 spiro atoms. The first kappa shape index (κ1) is 14.6. The number of rotatable bonds is 4. The molecule has 0 heterocycles. The number of carbonyl (C=O) groups is 1. The maximum Gasteiger partial charge on any atom is 0.358 e. The number of halogens is 3. The lowest BCUT2D eigenvalue weighted by Gasteiger charge is -2.22. The second-order valence-corrected chi connectivity index (χ2v) is 5.37. The van der Waals surface area contributed by atoms with Gasteiger partial charge in [0.2, 0.25) is 0 Å². The van der Waals surface area contributed by atoms with E-state index in [9.17, 15) is 14.3 Å². The van der Waals surface area contributed by atoms with Crippen molar-refractivity contribution in [1.82, 2.24) is 0 Å². The number of carbonyl (C=O) groups excluding carboxylic acids is 1. The molecule has 0 bridgehead atoms. The standard InChI is InChI=1S/C11H11Br2FO3/c1-2-17-10(16)11(13,14)9(15)7-3-5-8(12)6-4-7/h3-6,9,15H,2H2,1H3/t9-,11-/m1/s1. The molecule has 0 saturated heterocycles. The summed E-state index contributed by atoms with van der Waals surface area (Å²) < 4.78 is 16.7. The molecular formula is C11H11Br2FO3. The molecule has 2 atom stereocenters. The van der Waals surface area contributed by atoms with Crippen LogP contribution >= 0.6 is 31.9 Å². The highest BCUT2D eigenvalue weighted by Gasteiger charge is 2.45.